The minimum atomic E-state index is 1.16. The molecule has 3 aromatic heterocycles. The summed E-state index contributed by atoms with van der Waals surface area (Å²) in [6.45, 7) is 4.41. The number of nitrogens with zero attached hydrogens (tertiary/aromatic N) is 2. The summed E-state index contributed by atoms with van der Waals surface area (Å²) < 4.78 is 7.50. The van der Waals surface area contributed by atoms with Gasteiger partial charge in [0.25, 0.3) is 0 Å². The van der Waals surface area contributed by atoms with E-state index in [1.54, 1.807) is 0 Å². The van der Waals surface area contributed by atoms with Crippen LogP contribution in [0, 0.1) is 13.8 Å². The van der Waals surface area contributed by atoms with E-state index >= 15 is 0 Å². The van der Waals surface area contributed by atoms with Crippen LogP contribution in [0.4, 0.5) is 0 Å². The Bertz CT molecular complexity index is 3310. The highest BCUT2D eigenvalue weighted by Gasteiger charge is 2.18. The summed E-state index contributed by atoms with van der Waals surface area (Å²) in [6, 6.07) is 71.4. The molecule has 3 heterocycles. The van der Waals surface area contributed by atoms with Gasteiger partial charge in [0.05, 0.1) is 22.4 Å². The molecule has 0 aliphatic heterocycles. The highest BCUT2D eigenvalue weighted by Crippen LogP contribution is 2.40. The van der Waals surface area contributed by atoms with Crippen LogP contribution in [-0.2, 0) is 0 Å². The van der Waals surface area contributed by atoms with Crippen molar-refractivity contribution in [1.82, 2.24) is 9.13 Å². The minimum Gasteiger partial charge on any atom is -0.309 e. The molecule has 0 unspecified atom stereocenters. The number of fused-ring (bicyclic) bond motifs is 5. The lowest BCUT2D eigenvalue weighted by molar-refractivity contribution is 1.13. The fraction of sp³-hybridized carbons (Fsp3) is 0.0370. The third kappa shape index (κ3) is 5.62. The van der Waals surface area contributed by atoms with Crippen LogP contribution in [0.15, 0.2) is 194 Å². The van der Waals surface area contributed by atoms with Crippen molar-refractivity contribution in [2.45, 2.75) is 13.8 Å². The van der Waals surface area contributed by atoms with Crippen LogP contribution in [0.2, 0.25) is 0 Å². The fourth-order valence-corrected chi connectivity index (χ4v) is 9.84. The van der Waals surface area contributed by atoms with Gasteiger partial charge in [0, 0.05) is 42.3 Å². The van der Waals surface area contributed by atoms with E-state index in [1.165, 1.54) is 104 Å². The van der Waals surface area contributed by atoms with E-state index in [4.69, 9.17) is 0 Å². The van der Waals surface area contributed by atoms with Gasteiger partial charge in [-0.25, -0.2) is 0 Å². The van der Waals surface area contributed by atoms with E-state index in [-0.39, 0.29) is 0 Å². The van der Waals surface area contributed by atoms with Gasteiger partial charge in [0.15, 0.2) is 0 Å². The minimum absolute atomic E-state index is 1.16. The van der Waals surface area contributed by atoms with Crippen molar-refractivity contribution < 1.29 is 0 Å². The first kappa shape index (κ1) is 33.4. The fourth-order valence-electron chi connectivity index (χ4n) is 8.76. The highest BCUT2D eigenvalue weighted by atomic mass is 32.1. The molecule has 270 valence electrons. The monoisotopic (exact) mass is 746 g/mol. The first-order chi connectivity index (χ1) is 28.1. The Morgan fingerprint density at radius 2 is 0.877 bits per heavy atom. The predicted molar refractivity (Wildman–Crippen MR) is 244 cm³/mol. The summed E-state index contributed by atoms with van der Waals surface area (Å²) >= 11 is 1.86. The van der Waals surface area contributed by atoms with E-state index in [2.05, 4.69) is 217 Å². The second-order valence-corrected chi connectivity index (χ2v) is 16.2. The molecule has 57 heavy (non-hydrogen) atoms. The molecule has 0 bridgehead atoms. The second-order valence-electron chi connectivity index (χ2n) is 15.1. The number of benzene rings is 8. The Hall–Kier alpha value is -6.94. The molecule has 0 fully saturated rings. The smallest absolute Gasteiger partial charge is 0.0540 e. The van der Waals surface area contributed by atoms with Crippen LogP contribution in [-0.4, -0.2) is 9.13 Å². The molecule has 2 nitrogen and oxygen atoms in total. The summed E-state index contributed by atoms with van der Waals surface area (Å²) in [7, 11) is 0. The molecular formula is C54H38N2S. The third-order valence-corrected chi connectivity index (χ3v) is 12.8. The van der Waals surface area contributed by atoms with Gasteiger partial charge in [0.2, 0.25) is 0 Å². The predicted octanol–water partition coefficient (Wildman–Crippen LogP) is 15.2. The van der Waals surface area contributed by atoms with Crippen molar-refractivity contribution in [3.05, 3.63) is 205 Å². The van der Waals surface area contributed by atoms with Gasteiger partial charge in [-0.1, -0.05) is 121 Å². The van der Waals surface area contributed by atoms with E-state index in [1.807, 2.05) is 11.3 Å². The lowest BCUT2D eigenvalue weighted by atomic mass is 9.96. The number of hydrogen-bond donors (Lipinski definition) is 0. The van der Waals surface area contributed by atoms with Crippen LogP contribution in [0.5, 0.6) is 0 Å². The van der Waals surface area contributed by atoms with E-state index in [0.717, 1.165) is 5.69 Å². The number of thiophene rings is 1. The summed E-state index contributed by atoms with van der Waals surface area (Å²) in [4.78, 5) is 0. The summed E-state index contributed by atoms with van der Waals surface area (Å²) in [5.41, 5.74) is 17.0. The zero-order valence-corrected chi connectivity index (χ0v) is 32.6. The number of aryl methyl sites for hydroxylation is 2. The summed E-state index contributed by atoms with van der Waals surface area (Å²) in [5.74, 6) is 0. The third-order valence-electron chi connectivity index (χ3n) is 11.6. The van der Waals surface area contributed by atoms with Crippen LogP contribution >= 0.6 is 11.3 Å². The van der Waals surface area contributed by atoms with E-state index < -0.39 is 0 Å². The normalized spacial score (nSPS) is 11.7. The van der Waals surface area contributed by atoms with Crippen molar-refractivity contribution in [2.75, 3.05) is 0 Å². The van der Waals surface area contributed by atoms with Crippen molar-refractivity contribution in [2.24, 2.45) is 0 Å². The Kier molecular flexibility index (Phi) is 7.84. The van der Waals surface area contributed by atoms with E-state index in [9.17, 15) is 0 Å². The molecule has 3 heteroatoms. The molecule has 0 atom stereocenters. The second kappa shape index (κ2) is 13.4. The number of aromatic nitrogens is 2. The molecule has 0 saturated carbocycles. The SMILES string of the molecule is Cc1ccccc1-c1cc(-n2c(-c3ccccc3)cc3cc(-c4ccc5c(c4)cc(-c4ccccc4)n5-c4ccc5sc6ccccc6c5c4)ccc32)ccc1C. The first-order valence-corrected chi connectivity index (χ1v) is 20.4. The van der Waals surface area contributed by atoms with Gasteiger partial charge in [-0.15, -0.1) is 11.3 Å². The largest absolute Gasteiger partial charge is 0.309 e. The molecule has 11 rings (SSSR count). The zero-order valence-electron chi connectivity index (χ0n) is 31.8. The Morgan fingerprint density at radius 1 is 0.351 bits per heavy atom. The standard InChI is InChI=1S/C54H38N2S/c1-35-13-9-10-18-45(35)47-33-43(24-21-36(47)2)55-49-26-22-39(29-41(49)31-51(55)37-14-5-3-6-15-37)40-23-27-50-42(30-40)32-52(38-16-7-4-8-17-38)56(50)44-25-28-54-48(34-44)46-19-11-12-20-53(46)57-54/h3-34H,1-2H3. The van der Waals surface area contributed by atoms with Crippen molar-refractivity contribution in [3.8, 4) is 56.1 Å². The highest BCUT2D eigenvalue weighted by molar-refractivity contribution is 7.25. The number of rotatable bonds is 6. The Balaban J connectivity index is 1.06. The van der Waals surface area contributed by atoms with Crippen molar-refractivity contribution >= 4 is 53.3 Å². The molecule has 0 amide bonds. The molecule has 0 radical (unpaired) electrons. The maximum Gasteiger partial charge on any atom is 0.0540 e. The molecule has 0 N–H and O–H groups in total. The molecular weight excluding hydrogens is 709 g/mol. The van der Waals surface area contributed by atoms with Gasteiger partial charge >= 0.3 is 0 Å². The van der Waals surface area contributed by atoms with Crippen molar-refractivity contribution in [1.29, 1.82) is 0 Å². The maximum absolute atomic E-state index is 2.43. The van der Waals surface area contributed by atoms with Gasteiger partial charge in [-0.3, -0.25) is 0 Å². The summed E-state index contributed by atoms with van der Waals surface area (Å²) in [5, 5.41) is 5.04. The summed E-state index contributed by atoms with van der Waals surface area (Å²) in [6.07, 6.45) is 0. The molecule has 8 aromatic carbocycles. The van der Waals surface area contributed by atoms with Gasteiger partial charge in [-0.05, 0) is 131 Å². The van der Waals surface area contributed by atoms with Gasteiger partial charge in [0.1, 0.15) is 0 Å². The molecule has 0 saturated heterocycles. The average Bonchev–Trinajstić information content (AvgIpc) is 3.96. The van der Waals surface area contributed by atoms with E-state index in [0.29, 0.717) is 0 Å². The Labute approximate surface area is 336 Å². The first-order valence-electron chi connectivity index (χ1n) is 19.6. The zero-order chi connectivity index (χ0) is 38.0. The van der Waals surface area contributed by atoms with Crippen LogP contribution in [0.3, 0.4) is 0 Å². The van der Waals surface area contributed by atoms with Crippen molar-refractivity contribution in [3.63, 3.8) is 0 Å². The Morgan fingerprint density at radius 3 is 1.53 bits per heavy atom. The topological polar surface area (TPSA) is 9.86 Å². The lowest BCUT2D eigenvalue weighted by Gasteiger charge is -2.16. The molecule has 0 aliphatic carbocycles. The van der Waals surface area contributed by atoms with Gasteiger partial charge in [-0.2, -0.15) is 0 Å². The van der Waals surface area contributed by atoms with Gasteiger partial charge < -0.3 is 9.13 Å². The quantitative estimate of drug-likeness (QED) is 0.160. The van der Waals surface area contributed by atoms with Crippen LogP contribution in [0.1, 0.15) is 11.1 Å². The van der Waals surface area contributed by atoms with Crippen LogP contribution < -0.4 is 0 Å². The average molecular weight is 747 g/mol. The van der Waals surface area contributed by atoms with Crippen LogP contribution in [0.25, 0.3) is 98.1 Å². The molecule has 0 spiro atoms. The molecule has 11 aromatic rings. The maximum atomic E-state index is 2.43. The lowest BCUT2D eigenvalue weighted by Crippen LogP contribution is -1.98. The number of hydrogen-bond acceptors (Lipinski definition) is 1. The molecule has 0 aliphatic rings.